The number of carbonyl (C=O) groups excluding carboxylic acids is 1. The molecule has 2 heterocycles. The maximum atomic E-state index is 14.2. The number of piperidine rings is 1. The maximum Gasteiger partial charge on any atom is 0.163 e. The predicted octanol–water partition coefficient (Wildman–Crippen LogP) is 4.15. The smallest absolute Gasteiger partial charge is 0.163 e. The van der Waals surface area contributed by atoms with Crippen LogP contribution in [-0.4, -0.2) is 36.1 Å². The first-order valence-corrected chi connectivity index (χ1v) is 12.9. The van der Waals surface area contributed by atoms with E-state index >= 15 is 0 Å². The molecule has 1 spiro atoms. The van der Waals surface area contributed by atoms with E-state index in [1.807, 2.05) is 0 Å². The molecule has 170 valence electrons. The zero-order valence-corrected chi connectivity index (χ0v) is 19.7. The minimum atomic E-state index is -0.243. The Kier molecular flexibility index (Phi) is 4.51. The molecule has 4 nitrogen and oxygen atoms in total. The first-order chi connectivity index (χ1) is 14.8. The lowest BCUT2D eigenvalue weighted by Gasteiger charge is -2.48. The lowest BCUT2D eigenvalue weighted by molar-refractivity contribution is -0.122. The van der Waals surface area contributed by atoms with Crippen LogP contribution in [0.4, 0.5) is 0 Å². The molecule has 0 radical (unpaired) electrons. The topological polar surface area (TPSA) is 64.4 Å². The summed E-state index contributed by atoms with van der Waals surface area (Å²) in [4.78, 5) is 14.2. The van der Waals surface area contributed by atoms with Gasteiger partial charge in [0.05, 0.1) is 11.7 Å². The molecule has 0 aromatic rings. The van der Waals surface area contributed by atoms with Crippen LogP contribution in [0.25, 0.3) is 0 Å². The van der Waals surface area contributed by atoms with Gasteiger partial charge >= 0.3 is 0 Å². The number of nitrogens with two attached hydrogens (primary N) is 1. The third-order valence-electron chi connectivity index (χ3n) is 10.7. The summed E-state index contributed by atoms with van der Waals surface area (Å²) in [7, 11) is 0. The van der Waals surface area contributed by atoms with Crippen LogP contribution in [0.1, 0.15) is 72.6 Å². The summed E-state index contributed by atoms with van der Waals surface area (Å²) in [6.07, 6.45) is 10.2. The van der Waals surface area contributed by atoms with Crippen molar-refractivity contribution < 1.29 is 9.53 Å². The summed E-state index contributed by atoms with van der Waals surface area (Å²) >= 11 is 0. The molecule has 0 unspecified atom stereocenters. The molecule has 31 heavy (non-hydrogen) atoms. The normalized spacial score (nSPS) is 53.7. The number of hydrogen-bond donors (Lipinski definition) is 2. The van der Waals surface area contributed by atoms with Crippen LogP contribution in [0, 0.1) is 35.0 Å². The van der Waals surface area contributed by atoms with E-state index < -0.39 is 0 Å². The largest absolute Gasteiger partial charge is 0.365 e. The van der Waals surface area contributed by atoms with Crippen molar-refractivity contribution in [1.82, 2.24) is 5.32 Å². The number of Topliss-reactive ketones (excluding diaryl/α,β-unsaturated/α-hetero) is 1. The summed E-state index contributed by atoms with van der Waals surface area (Å²) in [6, 6.07) is 0.692. The highest BCUT2D eigenvalue weighted by Crippen LogP contribution is 2.63. The molecule has 2 aliphatic heterocycles. The molecule has 4 aliphatic carbocycles. The van der Waals surface area contributed by atoms with Crippen molar-refractivity contribution in [3.8, 4) is 0 Å². The Labute approximate surface area is 187 Å². The number of nitrogens with one attached hydrogen (secondary N) is 1. The molecule has 4 heteroatoms. The summed E-state index contributed by atoms with van der Waals surface area (Å²) in [5.74, 6) is 2.61. The van der Waals surface area contributed by atoms with E-state index in [1.165, 1.54) is 16.7 Å². The van der Waals surface area contributed by atoms with Gasteiger partial charge in [-0.3, -0.25) is 4.79 Å². The van der Waals surface area contributed by atoms with E-state index in [9.17, 15) is 4.79 Å². The number of carbonyl (C=O) groups is 1. The number of ketones is 1. The second kappa shape index (κ2) is 6.77. The average molecular weight is 425 g/mol. The number of ether oxygens (including phenoxy) is 1. The Hall–Kier alpha value is -0.970. The zero-order valence-electron chi connectivity index (χ0n) is 19.7. The van der Waals surface area contributed by atoms with Crippen molar-refractivity contribution in [2.75, 3.05) is 6.54 Å². The van der Waals surface area contributed by atoms with Crippen LogP contribution in [0.3, 0.4) is 0 Å². The van der Waals surface area contributed by atoms with E-state index in [0.29, 0.717) is 35.5 Å². The Morgan fingerprint density at radius 1 is 1.23 bits per heavy atom. The van der Waals surface area contributed by atoms with Crippen LogP contribution in [0.5, 0.6) is 0 Å². The monoisotopic (exact) mass is 424 g/mol. The Morgan fingerprint density at radius 3 is 2.84 bits per heavy atom. The first-order valence-electron chi connectivity index (χ1n) is 12.9. The van der Waals surface area contributed by atoms with E-state index in [2.05, 4.69) is 39.1 Å². The van der Waals surface area contributed by atoms with Crippen LogP contribution in [0.2, 0.25) is 0 Å². The molecular formula is C27H40N2O2. The van der Waals surface area contributed by atoms with E-state index in [4.69, 9.17) is 10.5 Å². The van der Waals surface area contributed by atoms with Gasteiger partial charge in [0.1, 0.15) is 0 Å². The van der Waals surface area contributed by atoms with Gasteiger partial charge in [-0.25, -0.2) is 0 Å². The molecule has 6 aliphatic rings. The van der Waals surface area contributed by atoms with Crippen LogP contribution in [-0.2, 0) is 9.53 Å². The molecule has 0 bridgehead atoms. The second-order valence-electron chi connectivity index (χ2n) is 12.2. The van der Waals surface area contributed by atoms with Crippen molar-refractivity contribution in [3.05, 3.63) is 22.8 Å². The van der Waals surface area contributed by atoms with Crippen LogP contribution in [0.15, 0.2) is 22.8 Å². The van der Waals surface area contributed by atoms with Crippen LogP contribution < -0.4 is 11.1 Å². The van der Waals surface area contributed by atoms with Gasteiger partial charge in [-0.05, 0) is 87.2 Å². The van der Waals surface area contributed by atoms with Crippen molar-refractivity contribution in [3.63, 3.8) is 0 Å². The van der Waals surface area contributed by atoms with Gasteiger partial charge in [0.15, 0.2) is 5.78 Å². The second-order valence-corrected chi connectivity index (χ2v) is 12.2. The van der Waals surface area contributed by atoms with Gasteiger partial charge < -0.3 is 15.8 Å². The fourth-order valence-corrected chi connectivity index (χ4v) is 8.97. The number of allylic oxidation sites excluding steroid dienone is 2. The number of hydrogen-bond acceptors (Lipinski definition) is 4. The highest BCUT2D eigenvalue weighted by Gasteiger charge is 2.63. The summed E-state index contributed by atoms with van der Waals surface area (Å²) in [6.45, 7) is 10.4. The van der Waals surface area contributed by atoms with E-state index in [1.54, 1.807) is 0 Å². The highest BCUT2D eigenvalue weighted by atomic mass is 16.5. The SMILES string of the molecule is CC1=C2C(=O)[C@H]3[C@@H](CC=C4C[C@@H](N)CC[C@@]43C)[C@@H]2CC[C@]12O[C@@H]1C[C@H](C)CN[C@H]1[C@H]2C. The molecule has 0 amide bonds. The molecule has 6 rings (SSSR count). The molecule has 10 atom stereocenters. The quantitative estimate of drug-likeness (QED) is 0.574. The number of fused-ring (bicyclic) bond motifs is 6. The zero-order chi connectivity index (χ0) is 21.7. The fraction of sp³-hybridized carbons (Fsp3) is 0.815. The number of rotatable bonds is 0. The minimum absolute atomic E-state index is 0.0147. The third kappa shape index (κ3) is 2.62. The van der Waals surface area contributed by atoms with Crippen molar-refractivity contribution in [1.29, 1.82) is 0 Å². The lowest BCUT2D eigenvalue weighted by atomic mass is 9.56. The molecule has 0 aromatic carbocycles. The Bertz CT molecular complexity index is 876. The highest BCUT2D eigenvalue weighted by molar-refractivity contribution is 6.02. The lowest BCUT2D eigenvalue weighted by Crippen LogP contribution is -2.49. The molecule has 3 N–H and O–H groups in total. The summed E-state index contributed by atoms with van der Waals surface area (Å²) in [5, 5.41) is 3.79. The van der Waals surface area contributed by atoms with Crippen molar-refractivity contribution in [2.24, 2.45) is 40.7 Å². The molecule has 2 saturated heterocycles. The van der Waals surface area contributed by atoms with Gasteiger partial charge in [0.2, 0.25) is 0 Å². The summed E-state index contributed by atoms with van der Waals surface area (Å²) < 4.78 is 6.94. The predicted molar refractivity (Wildman–Crippen MR) is 122 cm³/mol. The molecular weight excluding hydrogens is 384 g/mol. The third-order valence-corrected chi connectivity index (χ3v) is 10.7. The fourth-order valence-electron chi connectivity index (χ4n) is 8.97. The minimum Gasteiger partial charge on any atom is -0.365 e. The average Bonchev–Trinajstić information content (AvgIpc) is 3.18. The van der Waals surface area contributed by atoms with Crippen molar-refractivity contribution in [2.45, 2.75) is 96.4 Å². The van der Waals surface area contributed by atoms with Gasteiger partial charge in [0.25, 0.3) is 0 Å². The molecule has 0 aromatic heterocycles. The standard InChI is InChI=1S/C27H40N2O2/c1-14-11-21-24(29-13-14)16(3)27(31-21)10-8-19-20-6-5-17-12-18(28)7-9-26(17,4)23(20)25(30)22(19)15(27)2/h5,14,16,18-21,23-24,29H,6-13,28H2,1-4H3/t14-,16+,18-,19-,20-,21+,23+,24-,26-,27-/m0/s1. The first kappa shape index (κ1) is 20.6. The van der Waals surface area contributed by atoms with Gasteiger partial charge in [-0.15, -0.1) is 0 Å². The maximum absolute atomic E-state index is 14.2. The Balaban J connectivity index is 1.39. The molecule has 4 fully saturated rings. The van der Waals surface area contributed by atoms with E-state index in [0.717, 1.165) is 51.5 Å². The van der Waals surface area contributed by atoms with E-state index in [-0.39, 0.29) is 29.1 Å². The Morgan fingerprint density at radius 2 is 2.03 bits per heavy atom. The van der Waals surface area contributed by atoms with Gasteiger partial charge in [0, 0.05) is 29.5 Å². The van der Waals surface area contributed by atoms with Crippen LogP contribution >= 0.6 is 0 Å². The summed E-state index contributed by atoms with van der Waals surface area (Å²) in [5.41, 5.74) is 10.0. The van der Waals surface area contributed by atoms with Gasteiger partial charge in [-0.2, -0.15) is 0 Å². The molecule has 2 saturated carbocycles. The van der Waals surface area contributed by atoms with Crippen molar-refractivity contribution >= 4 is 5.78 Å². The van der Waals surface area contributed by atoms with Gasteiger partial charge in [-0.1, -0.05) is 32.4 Å².